The number of hydrogen-bond donors (Lipinski definition) is 2. The molecule has 2 N–H and O–H groups in total. The Balaban J connectivity index is 1.73. The standard InChI is InChI=1S/C18H32N4O3/c1-3-25-17(24)14-7-6-12-22(13-14)18(19-2)20-11-10-16(23)21-15-8-4-5-9-15/h14-15H,3-13H2,1-2H3,(H,19,20)(H,21,23). The van der Waals surface area contributed by atoms with E-state index < -0.39 is 0 Å². The molecule has 1 heterocycles. The van der Waals surface area contributed by atoms with Gasteiger partial charge in [0.1, 0.15) is 0 Å². The highest BCUT2D eigenvalue weighted by Crippen LogP contribution is 2.18. The third kappa shape index (κ3) is 6.21. The summed E-state index contributed by atoms with van der Waals surface area (Å²) in [6, 6.07) is 0.360. The number of ether oxygens (including phenoxy) is 1. The van der Waals surface area contributed by atoms with Gasteiger partial charge in [-0.25, -0.2) is 0 Å². The van der Waals surface area contributed by atoms with Gasteiger partial charge < -0.3 is 20.3 Å². The number of likely N-dealkylation sites (tertiary alicyclic amines) is 1. The first-order valence-corrected chi connectivity index (χ1v) is 9.55. The lowest BCUT2D eigenvalue weighted by Gasteiger charge is -2.33. The first-order chi connectivity index (χ1) is 12.1. The number of nitrogens with one attached hydrogen (secondary N) is 2. The number of rotatable bonds is 6. The molecule has 0 spiro atoms. The molecule has 7 heteroatoms. The topological polar surface area (TPSA) is 83.0 Å². The minimum Gasteiger partial charge on any atom is -0.466 e. The van der Waals surface area contributed by atoms with Crippen molar-refractivity contribution < 1.29 is 14.3 Å². The first-order valence-electron chi connectivity index (χ1n) is 9.55. The van der Waals surface area contributed by atoms with Crippen LogP contribution in [0.5, 0.6) is 0 Å². The number of carbonyl (C=O) groups is 2. The van der Waals surface area contributed by atoms with Crippen LogP contribution in [-0.4, -0.2) is 62.1 Å². The van der Waals surface area contributed by atoms with Crippen LogP contribution in [0.1, 0.15) is 51.9 Å². The summed E-state index contributed by atoms with van der Waals surface area (Å²) >= 11 is 0. The Labute approximate surface area is 150 Å². The number of nitrogens with zero attached hydrogens (tertiary/aromatic N) is 2. The second kappa shape index (κ2) is 10.3. The summed E-state index contributed by atoms with van der Waals surface area (Å²) in [6.07, 6.45) is 6.86. The van der Waals surface area contributed by atoms with E-state index in [-0.39, 0.29) is 17.8 Å². The van der Waals surface area contributed by atoms with Crippen molar-refractivity contribution in [2.24, 2.45) is 10.9 Å². The molecule has 0 aromatic carbocycles. The molecule has 1 amide bonds. The molecule has 25 heavy (non-hydrogen) atoms. The fraction of sp³-hybridized carbons (Fsp3) is 0.833. The van der Waals surface area contributed by atoms with E-state index in [9.17, 15) is 9.59 Å². The van der Waals surface area contributed by atoms with Crippen molar-refractivity contribution in [3.63, 3.8) is 0 Å². The van der Waals surface area contributed by atoms with Crippen molar-refractivity contribution in [2.75, 3.05) is 33.3 Å². The van der Waals surface area contributed by atoms with Crippen molar-refractivity contribution >= 4 is 17.8 Å². The van der Waals surface area contributed by atoms with E-state index >= 15 is 0 Å². The van der Waals surface area contributed by atoms with E-state index in [0.29, 0.717) is 32.2 Å². The van der Waals surface area contributed by atoms with Gasteiger partial charge in [0.25, 0.3) is 0 Å². The van der Waals surface area contributed by atoms with Gasteiger partial charge in [-0.2, -0.15) is 0 Å². The molecule has 0 bridgehead atoms. The van der Waals surface area contributed by atoms with Gasteiger partial charge in [0.15, 0.2) is 5.96 Å². The van der Waals surface area contributed by atoms with E-state index in [2.05, 4.69) is 20.5 Å². The molecule has 1 saturated heterocycles. The average Bonchev–Trinajstić information content (AvgIpc) is 3.12. The fourth-order valence-electron chi connectivity index (χ4n) is 3.61. The lowest BCUT2D eigenvalue weighted by Crippen LogP contribution is -2.49. The number of aliphatic imine (C=N–C) groups is 1. The number of guanidine groups is 1. The summed E-state index contributed by atoms with van der Waals surface area (Å²) in [7, 11) is 1.73. The van der Waals surface area contributed by atoms with Gasteiger partial charge in [0.2, 0.25) is 5.91 Å². The fourth-order valence-corrected chi connectivity index (χ4v) is 3.61. The van der Waals surface area contributed by atoms with Crippen LogP contribution in [0, 0.1) is 5.92 Å². The van der Waals surface area contributed by atoms with Crippen LogP contribution in [0.25, 0.3) is 0 Å². The Hall–Kier alpha value is -1.79. The highest BCUT2D eigenvalue weighted by molar-refractivity contribution is 5.82. The molecule has 1 aliphatic carbocycles. The zero-order valence-corrected chi connectivity index (χ0v) is 15.6. The highest BCUT2D eigenvalue weighted by atomic mass is 16.5. The van der Waals surface area contributed by atoms with Crippen LogP contribution in [0.2, 0.25) is 0 Å². The van der Waals surface area contributed by atoms with Gasteiger partial charge in [-0.15, -0.1) is 0 Å². The Morgan fingerprint density at radius 2 is 1.96 bits per heavy atom. The molecular formula is C18H32N4O3. The van der Waals surface area contributed by atoms with Crippen LogP contribution in [0.4, 0.5) is 0 Å². The zero-order chi connectivity index (χ0) is 18.1. The van der Waals surface area contributed by atoms with Crippen molar-refractivity contribution in [1.29, 1.82) is 0 Å². The maximum Gasteiger partial charge on any atom is 0.310 e. The third-order valence-corrected chi connectivity index (χ3v) is 4.91. The van der Waals surface area contributed by atoms with Crippen LogP contribution in [0.3, 0.4) is 0 Å². The molecule has 0 radical (unpaired) electrons. The molecule has 1 atom stereocenters. The second-order valence-corrected chi connectivity index (χ2v) is 6.81. The SMILES string of the molecule is CCOC(=O)C1CCCN(C(=NC)NCCC(=O)NC2CCCC2)C1. The predicted molar refractivity (Wildman–Crippen MR) is 97.3 cm³/mol. The normalized spacial score (nSPS) is 21.9. The van der Waals surface area contributed by atoms with E-state index in [1.54, 1.807) is 7.05 Å². The van der Waals surface area contributed by atoms with Gasteiger partial charge in [-0.05, 0) is 32.6 Å². The van der Waals surface area contributed by atoms with E-state index in [0.717, 1.165) is 38.2 Å². The number of amides is 1. The Kier molecular flexibility index (Phi) is 8.01. The number of carbonyl (C=O) groups excluding carboxylic acids is 2. The van der Waals surface area contributed by atoms with Gasteiger partial charge in [-0.1, -0.05) is 12.8 Å². The maximum atomic E-state index is 12.0. The molecular weight excluding hydrogens is 320 g/mol. The predicted octanol–water partition coefficient (Wildman–Crippen LogP) is 1.29. The summed E-state index contributed by atoms with van der Waals surface area (Å²) < 4.78 is 5.14. The monoisotopic (exact) mass is 352 g/mol. The summed E-state index contributed by atoms with van der Waals surface area (Å²) in [4.78, 5) is 30.3. The summed E-state index contributed by atoms with van der Waals surface area (Å²) in [5.74, 6) is 0.622. The van der Waals surface area contributed by atoms with Crippen LogP contribution in [-0.2, 0) is 14.3 Å². The molecule has 1 aliphatic heterocycles. The Bertz CT molecular complexity index is 475. The van der Waals surface area contributed by atoms with E-state index in [1.807, 2.05) is 6.92 Å². The first kappa shape index (κ1) is 19.5. The number of esters is 1. The summed E-state index contributed by atoms with van der Waals surface area (Å²) in [5, 5.41) is 6.34. The number of hydrogen-bond acceptors (Lipinski definition) is 4. The molecule has 0 aromatic heterocycles. The summed E-state index contributed by atoms with van der Waals surface area (Å²) in [6.45, 7) is 4.27. The minimum absolute atomic E-state index is 0.0953. The lowest BCUT2D eigenvalue weighted by molar-refractivity contribution is -0.149. The molecule has 2 fully saturated rings. The minimum atomic E-state index is -0.126. The van der Waals surface area contributed by atoms with Crippen LogP contribution >= 0.6 is 0 Å². The Morgan fingerprint density at radius 1 is 1.20 bits per heavy atom. The van der Waals surface area contributed by atoms with Gasteiger partial charge >= 0.3 is 5.97 Å². The van der Waals surface area contributed by atoms with E-state index in [1.165, 1.54) is 12.8 Å². The van der Waals surface area contributed by atoms with Crippen LogP contribution < -0.4 is 10.6 Å². The summed E-state index contributed by atoms with van der Waals surface area (Å²) in [5.41, 5.74) is 0. The van der Waals surface area contributed by atoms with Crippen LogP contribution in [0.15, 0.2) is 4.99 Å². The highest BCUT2D eigenvalue weighted by Gasteiger charge is 2.28. The molecule has 2 aliphatic rings. The molecule has 2 rings (SSSR count). The van der Waals surface area contributed by atoms with Gasteiger partial charge in [-0.3, -0.25) is 14.6 Å². The molecule has 1 saturated carbocycles. The molecule has 7 nitrogen and oxygen atoms in total. The largest absolute Gasteiger partial charge is 0.466 e. The average molecular weight is 352 g/mol. The third-order valence-electron chi connectivity index (χ3n) is 4.91. The second-order valence-electron chi connectivity index (χ2n) is 6.81. The molecule has 0 aromatic rings. The number of piperidine rings is 1. The van der Waals surface area contributed by atoms with Crippen molar-refractivity contribution in [1.82, 2.24) is 15.5 Å². The molecule has 1 unspecified atom stereocenters. The van der Waals surface area contributed by atoms with Gasteiger partial charge in [0, 0.05) is 39.1 Å². The van der Waals surface area contributed by atoms with E-state index in [4.69, 9.17) is 4.74 Å². The quantitative estimate of drug-likeness (QED) is 0.427. The van der Waals surface area contributed by atoms with Crippen molar-refractivity contribution in [2.45, 2.75) is 57.9 Å². The zero-order valence-electron chi connectivity index (χ0n) is 15.6. The Morgan fingerprint density at radius 3 is 2.64 bits per heavy atom. The van der Waals surface area contributed by atoms with Crippen molar-refractivity contribution in [3.8, 4) is 0 Å². The van der Waals surface area contributed by atoms with Gasteiger partial charge in [0.05, 0.1) is 12.5 Å². The lowest BCUT2D eigenvalue weighted by atomic mass is 9.98. The molecule has 142 valence electrons. The smallest absolute Gasteiger partial charge is 0.310 e. The maximum absolute atomic E-state index is 12.0. The van der Waals surface area contributed by atoms with Crippen molar-refractivity contribution in [3.05, 3.63) is 0 Å².